The molecule has 1 saturated heterocycles. The zero-order chi connectivity index (χ0) is 12.4. The predicted octanol–water partition coefficient (Wildman–Crippen LogP) is 1.90. The minimum Gasteiger partial charge on any atom is -0.487 e. The minimum absolute atomic E-state index is 0.0307. The highest BCUT2D eigenvalue weighted by Crippen LogP contribution is 2.29. The Balaban J connectivity index is 1.46. The first kappa shape index (κ1) is 11.9. The van der Waals surface area contributed by atoms with E-state index in [1.807, 2.05) is 0 Å². The Morgan fingerprint density at radius 3 is 3.17 bits per heavy atom. The van der Waals surface area contributed by atoms with Crippen molar-refractivity contribution in [3.8, 4) is 5.75 Å². The standard InChI is InChI=1S/C14H18FNO2/c15-11-3-4-14-10(6-11)7-13(18-14)9-17-8-12-2-1-5-16-12/h3-4,6,12-13,16H,1-2,5,7-9H2. The molecule has 0 saturated carbocycles. The fourth-order valence-corrected chi connectivity index (χ4v) is 2.62. The van der Waals surface area contributed by atoms with Crippen molar-refractivity contribution in [1.82, 2.24) is 5.32 Å². The van der Waals surface area contributed by atoms with Crippen molar-refractivity contribution in [2.24, 2.45) is 0 Å². The van der Waals surface area contributed by atoms with Crippen molar-refractivity contribution >= 4 is 0 Å². The second-order valence-corrected chi connectivity index (χ2v) is 5.03. The monoisotopic (exact) mass is 251 g/mol. The zero-order valence-corrected chi connectivity index (χ0v) is 10.3. The molecule has 3 nitrogen and oxygen atoms in total. The van der Waals surface area contributed by atoms with Gasteiger partial charge in [0.15, 0.2) is 0 Å². The molecule has 2 unspecified atom stereocenters. The summed E-state index contributed by atoms with van der Waals surface area (Å²) in [4.78, 5) is 0. The maximum Gasteiger partial charge on any atom is 0.126 e. The lowest BCUT2D eigenvalue weighted by Crippen LogP contribution is -2.29. The Bertz CT molecular complexity index is 418. The lowest BCUT2D eigenvalue weighted by molar-refractivity contribution is 0.0510. The third-order valence-corrected chi connectivity index (χ3v) is 3.55. The van der Waals surface area contributed by atoms with Crippen molar-refractivity contribution in [1.29, 1.82) is 0 Å². The maximum absolute atomic E-state index is 13.1. The number of hydrogen-bond donors (Lipinski definition) is 1. The van der Waals surface area contributed by atoms with E-state index in [4.69, 9.17) is 9.47 Å². The molecule has 1 aromatic carbocycles. The number of fused-ring (bicyclic) bond motifs is 1. The average molecular weight is 251 g/mol. The van der Waals surface area contributed by atoms with Gasteiger partial charge in [-0.1, -0.05) is 0 Å². The third kappa shape index (κ3) is 2.65. The molecule has 2 aliphatic rings. The van der Waals surface area contributed by atoms with Gasteiger partial charge in [-0.05, 0) is 37.6 Å². The summed E-state index contributed by atoms with van der Waals surface area (Å²) in [6, 6.07) is 5.17. The van der Waals surface area contributed by atoms with Crippen LogP contribution in [-0.4, -0.2) is 31.9 Å². The van der Waals surface area contributed by atoms with Gasteiger partial charge in [-0.15, -0.1) is 0 Å². The number of ether oxygens (including phenoxy) is 2. The van der Waals surface area contributed by atoms with Crippen LogP contribution in [0.25, 0.3) is 0 Å². The second kappa shape index (κ2) is 5.24. The summed E-state index contributed by atoms with van der Waals surface area (Å²) in [5.41, 5.74) is 0.947. The van der Waals surface area contributed by atoms with E-state index in [1.54, 1.807) is 12.1 Å². The molecule has 18 heavy (non-hydrogen) atoms. The largest absolute Gasteiger partial charge is 0.487 e. The van der Waals surface area contributed by atoms with E-state index in [9.17, 15) is 4.39 Å². The smallest absolute Gasteiger partial charge is 0.126 e. The van der Waals surface area contributed by atoms with E-state index < -0.39 is 0 Å². The van der Waals surface area contributed by atoms with Crippen molar-refractivity contribution < 1.29 is 13.9 Å². The van der Waals surface area contributed by atoms with Crippen molar-refractivity contribution in [2.45, 2.75) is 31.4 Å². The maximum atomic E-state index is 13.1. The number of nitrogens with one attached hydrogen (secondary N) is 1. The van der Waals surface area contributed by atoms with Gasteiger partial charge < -0.3 is 14.8 Å². The third-order valence-electron chi connectivity index (χ3n) is 3.55. The number of benzene rings is 1. The summed E-state index contributed by atoms with van der Waals surface area (Å²) in [5, 5.41) is 3.39. The zero-order valence-electron chi connectivity index (χ0n) is 10.3. The summed E-state index contributed by atoms with van der Waals surface area (Å²) >= 11 is 0. The van der Waals surface area contributed by atoms with Crippen LogP contribution in [0, 0.1) is 5.82 Å². The van der Waals surface area contributed by atoms with Crippen LogP contribution in [0.1, 0.15) is 18.4 Å². The van der Waals surface area contributed by atoms with Crippen LogP contribution in [0.3, 0.4) is 0 Å². The second-order valence-electron chi connectivity index (χ2n) is 5.03. The van der Waals surface area contributed by atoms with E-state index in [0.717, 1.165) is 30.9 Å². The van der Waals surface area contributed by atoms with Gasteiger partial charge in [0.05, 0.1) is 13.2 Å². The van der Waals surface area contributed by atoms with Gasteiger partial charge in [-0.3, -0.25) is 0 Å². The quantitative estimate of drug-likeness (QED) is 0.886. The Hall–Kier alpha value is -1.13. The summed E-state index contributed by atoms with van der Waals surface area (Å²) < 4.78 is 24.4. The van der Waals surface area contributed by atoms with E-state index >= 15 is 0 Å². The molecule has 2 heterocycles. The van der Waals surface area contributed by atoms with Gasteiger partial charge >= 0.3 is 0 Å². The van der Waals surface area contributed by atoms with Crippen LogP contribution < -0.4 is 10.1 Å². The highest BCUT2D eigenvalue weighted by molar-refractivity contribution is 5.37. The summed E-state index contributed by atoms with van der Waals surface area (Å²) in [7, 11) is 0. The van der Waals surface area contributed by atoms with Gasteiger partial charge in [-0.25, -0.2) is 4.39 Å². The van der Waals surface area contributed by atoms with Crippen LogP contribution in [-0.2, 0) is 11.2 Å². The topological polar surface area (TPSA) is 30.5 Å². The SMILES string of the molecule is Fc1ccc2c(c1)CC(COCC1CCCN1)O2. The van der Waals surface area contributed by atoms with Crippen LogP contribution in [0.2, 0.25) is 0 Å². The summed E-state index contributed by atoms with van der Waals surface area (Å²) in [6.45, 7) is 2.41. The Morgan fingerprint density at radius 2 is 2.33 bits per heavy atom. The molecule has 3 rings (SSSR count). The minimum atomic E-state index is -0.200. The fourth-order valence-electron chi connectivity index (χ4n) is 2.62. The molecule has 0 spiro atoms. The molecule has 0 bridgehead atoms. The normalized spacial score (nSPS) is 26.1. The molecule has 98 valence electrons. The molecule has 4 heteroatoms. The van der Waals surface area contributed by atoms with Crippen molar-refractivity contribution in [3.63, 3.8) is 0 Å². The van der Waals surface area contributed by atoms with Crippen molar-refractivity contribution in [2.75, 3.05) is 19.8 Å². The van der Waals surface area contributed by atoms with Gasteiger partial charge in [0.1, 0.15) is 17.7 Å². The molecular formula is C14H18FNO2. The summed E-state index contributed by atoms with van der Waals surface area (Å²) in [5.74, 6) is 0.595. The average Bonchev–Trinajstić information content (AvgIpc) is 2.97. The van der Waals surface area contributed by atoms with E-state index in [1.165, 1.54) is 18.9 Å². The summed E-state index contributed by atoms with van der Waals surface area (Å²) in [6.07, 6.45) is 3.20. The lowest BCUT2D eigenvalue weighted by atomic mass is 10.1. The number of rotatable bonds is 4. The van der Waals surface area contributed by atoms with E-state index in [0.29, 0.717) is 12.6 Å². The fraction of sp³-hybridized carbons (Fsp3) is 0.571. The Labute approximate surface area is 106 Å². The molecule has 0 aromatic heterocycles. The van der Waals surface area contributed by atoms with Crippen LogP contribution in [0.5, 0.6) is 5.75 Å². The molecule has 2 aliphatic heterocycles. The number of hydrogen-bond acceptors (Lipinski definition) is 3. The molecule has 1 N–H and O–H groups in total. The van der Waals surface area contributed by atoms with E-state index in [-0.39, 0.29) is 11.9 Å². The van der Waals surface area contributed by atoms with Crippen LogP contribution in [0.4, 0.5) is 4.39 Å². The van der Waals surface area contributed by atoms with Gasteiger partial charge in [0.2, 0.25) is 0 Å². The Morgan fingerprint density at radius 1 is 1.39 bits per heavy atom. The van der Waals surface area contributed by atoms with Gasteiger partial charge in [-0.2, -0.15) is 0 Å². The predicted molar refractivity (Wildman–Crippen MR) is 66.4 cm³/mol. The lowest BCUT2D eigenvalue weighted by Gasteiger charge is -2.14. The Kier molecular flexibility index (Phi) is 3.48. The molecular weight excluding hydrogens is 233 g/mol. The molecule has 0 aliphatic carbocycles. The van der Waals surface area contributed by atoms with Gasteiger partial charge in [0.25, 0.3) is 0 Å². The number of halogens is 1. The molecule has 0 amide bonds. The highest BCUT2D eigenvalue weighted by Gasteiger charge is 2.24. The first-order valence-corrected chi connectivity index (χ1v) is 6.57. The molecule has 2 atom stereocenters. The van der Waals surface area contributed by atoms with Gasteiger partial charge in [0, 0.05) is 18.0 Å². The molecule has 0 radical (unpaired) electrons. The first-order chi connectivity index (χ1) is 8.81. The van der Waals surface area contributed by atoms with Crippen molar-refractivity contribution in [3.05, 3.63) is 29.6 Å². The highest BCUT2D eigenvalue weighted by atomic mass is 19.1. The molecule has 1 aromatic rings. The first-order valence-electron chi connectivity index (χ1n) is 6.57. The van der Waals surface area contributed by atoms with Crippen LogP contribution in [0.15, 0.2) is 18.2 Å². The van der Waals surface area contributed by atoms with Crippen LogP contribution >= 0.6 is 0 Å². The molecule has 1 fully saturated rings. The van der Waals surface area contributed by atoms with E-state index in [2.05, 4.69) is 5.32 Å².